The molecular weight excluding hydrogens is 198 g/mol. The highest BCUT2D eigenvalue weighted by atomic mass is 16.2. The van der Waals surface area contributed by atoms with Crippen molar-refractivity contribution in [2.45, 2.75) is 38.6 Å². The molecule has 2 heteroatoms. The maximum Gasteiger partial charge on any atom is 0.223 e. The first kappa shape index (κ1) is 11.2. The molecule has 1 aromatic rings. The second-order valence-electron chi connectivity index (χ2n) is 4.66. The number of nitrogens with one attached hydrogen (secondary N) is 1. The van der Waals surface area contributed by atoms with E-state index in [1.807, 2.05) is 6.07 Å². The number of hydrogen-bond donors (Lipinski definition) is 1. The summed E-state index contributed by atoms with van der Waals surface area (Å²) in [5.74, 6) is 0.868. The van der Waals surface area contributed by atoms with E-state index >= 15 is 0 Å². The number of hydrogen-bond acceptors (Lipinski definition) is 1. The van der Waals surface area contributed by atoms with Crippen molar-refractivity contribution < 1.29 is 4.79 Å². The van der Waals surface area contributed by atoms with Crippen LogP contribution in [0, 0.1) is 5.92 Å². The van der Waals surface area contributed by atoms with Gasteiger partial charge < -0.3 is 5.32 Å². The smallest absolute Gasteiger partial charge is 0.223 e. The highest BCUT2D eigenvalue weighted by Gasteiger charge is 2.32. The summed E-state index contributed by atoms with van der Waals surface area (Å²) in [6.45, 7) is 4.18. The molecule has 0 unspecified atom stereocenters. The van der Waals surface area contributed by atoms with E-state index in [4.69, 9.17) is 0 Å². The van der Waals surface area contributed by atoms with Crippen LogP contribution in [-0.2, 0) is 4.79 Å². The van der Waals surface area contributed by atoms with E-state index in [1.165, 1.54) is 5.56 Å². The topological polar surface area (TPSA) is 29.1 Å². The molecule has 86 valence electrons. The third-order valence-corrected chi connectivity index (χ3v) is 3.60. The summed E-state index contributed by atoms with van der Waals surface area (Å²) in [6, 6.07) is 10.7. The predicted molar refractivity (Wildman–Crippen MR) is 65.2 cm³/mol. The Kier molecular flexibility index (Phi) is 3.28. The van der Waals surface area contributed by atoms with E-state index in [2.05, 4.69) is 43.4 Å². The Morgan fingerprint density at radius 1 is 1.31 bits per heavy atom. The first-order chi connectivity index (χ1) is 7.72. The van der Waals surface area contributed by atoms with Crippen molar-refractivity contribution in [3.63, 3.8) is 0 Å². The van der Waals surface area contributed by atoms with Gasteiger partial charge in [0.1, 0.15) is 0 Å². The number of amides is 1. The summed E-state index contributed by atoms with van der Waals surface area (Å²) in [6.07, 6.45) is 1.91. The Balaban J connectivity index is 2.18. The van der Waals surface area contributed by atoms with Crippen LogP contribution in [0.2, 0.25) is 0 Å². The van der Waals surface area contributed by atoms with Crippen LogP contribution in [-0.4, -0.2) is 11.9 Å². The number of carbonyl (C=O) groups is 1. The number of carbonyl (C=O) groups excluding carboxylic acids is 1. The maximum atomic E-state index is 11.7. The molecule has 1 heterocycles. The van der Waals surface area contributed by atoms with E-state index in [0.717, 1.165) is 12.8 Å². The zero-order chi connectivity index (χ0) is 11.5. The van der Waals surface area contributed by atoms with Crippen molar-refractivity contribution >= 4 is 5.91 Å². The molecule has 0 radical (unpaired) electrons. The van der Waals surface area contributed by atoms with Crippen LogP contribution in [0.25, 0.3) is 0 Å². The van der Waals surface area contributed by atoms with Crippen LogP contribution in [0.4, 0.5) is 0 Å². The molecular formula is C14H19NO. The zero-order valence-electron chi connectivity index (χ0n) is 9.94. The molecule has 0 bridgehead atoms. The van der Waals surface area contributed by atoms with Gasteiger partial charge in [0, 0.05) is 17.9 Å². The Hall–Kier alpha value is -1.31. The largest absolute Gasteiger partial charge is 0.353 e. The second kappa shape index (κ2) is 4.69. The third kappa shape index (κ3) is 2.11. The van der Waals surface area contributed by atoms with Gasteiger partial charge in [-0.15, -0.1) is 0 Å². The predicted octanol–water partition coefficient (Wildman–Crippen LogP) is 2.70. The van der Waals surface area contributed by atoms with Crippen molar-refractivity contribution in [1.82, 2.24) is 5.32 Å². The van der Waals surface area contributed by atoms with Gasteiger partial charge in [-0.2, -0.15) is 0 Å². The van der Waals surface area contributed by atoms with Crippen molar-refractivity contribution in [1.29, 1.82) is 0 Å². The molecule has 0 spiro atoms. The fraction of sp³-hybridized carbons (Fsp3) is 0.500. The van der Waals surface area contributed by atoms with Gasteiger partial charge in [-0.3, -0.25) is 4.79 Å². The van der Waals surface area contributed by atoms with Gasteiger partial charge in [-0.25, -0.2) is 0 Å². The lowest BCUT2D eigenvalue weighted by Gasteiger charge is -2.34. The fourth-order valence-corrected chi connectivity index (χ4v) is 2.54. The fourth-order valence-electron chi connectivity index (χ4n) is 2.54. The molecule has 2 rings (SSSR count). The van der Waals surface area contributed by atoms with Crippen LogP contribution >= 0.6 is 0 Å². The Labute approximate surface area is 97.1 Å². The molecule has 1 fully saturated rings. The molecule has 1 amide bonds. The number of piperidine rings is 1. The van der Waals surface area contributed by atoms with Crippen molar-refractivity contribution in [3.05, 3.63) is 35.9 Å². The first-order valence-corrected chi connectivity index (χ1v) is 6.07. The maximum absolute atomic E-state index is 11.7. The summed E-state index contributed by atoms with van der Waals surface area (Å²) in [4.78, 5) is 11.7. The van der Waals surface area contributed by atoms with E-state index in [9.17, 15) is 4.79 Å². The standard InChI is InChI=1S/C14H19NO/c1-3-11-9-13(10(2)15-14(11)16)12-7-5-4-6-8-12/h4-8,10-11,13H,3,9H2,1-2H3,(H,15,16)/t10-,11-,13+/m1/s1. The van der Waals surface area contributed by atoms with E-state index in [0.29, 0.717) is 5.92 Å². The normalized spacial score (nSPS) is 29.9. The molecule has 2 nitrogen and oxygen atoms in total. The van der Waals surface area contributed by atoms with Gasteiger partial charge in [0.05, 0.1) is 0 Å². The lowest BCUT2D eigenvalue weighted by atomic mass is 9.79. The van der Waals surface area contributed by atoms with Crippen LogP contribution < -0.4 is 5.32 Å². The quantitative estimate of drug-likeness (QED) is 0.810. The molecule has 0 aromatic heterocycles. The van der Waals surface area contributed by atoms with Gasteiger partial charge in [-0.1, -0.05) is 37.3 Å². The van der Waals surface area contributed by atoms with Crippen molar-refractivity contribution in [3.8, 4) is 0 Å². The van der Waals surface area contributed by atoms with E-state index in [-0.39, 0.29) is 17.9 Å². The molecule has 0 aliphatic carbocycles. The van der Waals surface area contributed by atoms with Crippen LogP contribution in [0.5, 0.6) is 0 Å². The minimum absolute atomic E-state index is 0.182. The summed E-state index contributed by atoms with van der Waals surface area (Å²) < 4.78 is 0. The summed E-state index contributed by atoms with van der Waals surface area (Å²) in [7, 11) is 0. The monoisotopic (exact) mass is 217 g/mol. The van der Waals surface area contributed by atoms with Gasteiger partial charge in [-0.05, 0) is 25.3 Å². The number of rotatable bonds is 2. The van der Waals surface area contributed by atoms with Crippen molar-refractivity contribution in [2.24, 2.45) is 5.92 Å². The van der Waals surface area contributed by atoms with Crippen LogP contribution in [0.15, 0.2) is 30.3 Å². The lowest BCUT2D eigenvalue weighted by molar-refractivity contribution is -0.128. The van der Waals surface area contributed by atoms with Crippen LogP contribution in [0.3, 0.4) is 0 Å². The average molecular weight is 217 g/mol. The molecule has 1 saturated heterocycles. The number of benzene rings is 1. The van der Waals surface area contributed by atoms with Gasteiger partial charge >= 0.3 is 0 Å². The Bertz CT molecular complexity index is 360. The first-order valence-electron chi connectivity index (χ1n) is 6.07. The van der Waals surface area contributed by atoms with E-state index in [1.54, 1.807) is 0 Å². The summed E-state index contributed by atoms with van der Waals surface area (Å²) in [5.41, 5.74) is 1.34. The summed E-state index contributed by atoms with van der Waals surface area (Å²) >= 11 is 0. The van der Waals surface area contributed by atoms with Gasteiger partial charge in [0.25, 0.3) is 0 Å². The average Bonchev–Trinajstić information content (AvgIpc) is 2.30. The summed E-state index contributed by atoms with van der Waals surface area (Å²) in [5, 5.41) is 3.09. The molecule has 1 aliphatic rings. The highest BCUT2D eigenvalue weighted by Crippen LogP contribution is 2.32. The second-order valence-corrected chi connectivity index (χ2v) is 4.66. The Morgan fingerprint density at radius 2 is 2.00 bits per heavy atom. The Morgan fingerprint density at radius 3 is 2.62 bits per heavy atom. The zero-order valence-corrected chi connectivity index (χ0v) is 9.94. The molecule has 1 aromatic carbocycles. The van der Waals surface area contributed by atoms with E-state index < -0.39 is 0 Å². The molecule has 16 heavy (non-hydrogen) atoms. The SMILES string of the molecule is CC[C@@H]1C[C@H](c2ccccc2)[C@@H](C)NC1=O. The minimum Gasteiger partial charge on any atom is -0.353 e. The molecule has 1 N–H and O–H groups in total. The van der Waals surface area contributed by atoms with Gasteiger partial charge in [0.15, 0.2) is 0 Å². The van der Waals surface area contributed by atoms with Gasteiger partial charge in [0.2, 0.25) is 5.91 Å². The molecule has 3 atom stereocenters. The van der Waals surface area contributed by atoms with Crippen LogP contribution in [0.1, 0.15) is 38.2 Å². The lowest BCUT2D eigenvalue weighted by Crippen LogP contribution is -2.46. The third-order valence-electron chi connectivity index (χ3n) is 3.60. The highest BCUT2D eigenvalue weighted by molar-refractivity contribution is 5.80. The minimum atomic E-state index is 0.182. The van der Waals surface area contributed by atoms with Crippen molar-refractivity contribution in [2.75, 3.05) is 0 Å². The molecule has 1 aliphatic heterocycles. The molecule has 0 saturated carbocycles.